The molecule has 6 heteroatoms. The lowest BCUT2D eigenvalue weighted by molar-refractivity contribution is -0.120. The van der Waals surface area contributed by atoms with E-state index in [0.717, 1.165) is 17.1 Å². The third kappa shape index (κ3) is 4.10. The van der Waals surface area contributed by atoms with Gasteiger partial charge in [-0.2, -0.15) is 0 Å². The maximum absolute atomic E-state index is 12.3. The molecule has 0 saturated carbocycles. The monoisotopic (exact) mass is 318 g/mol. The van der Waals surface area contributed by atoms with Crippen molar-refractivity contribution < 1.29 is 4.79 Å². The molecule has 1 amide bonds. The summed E-state index contributed by atoms with van der Waals surface area (Å²) in [4.78, 5) is 12.3. The molecule has 118 valence electrons. The van der Waals surface area contributed by atoms with Gasteiger partial charge in [-0.25, -0.2) is 0 Å². The second-order valence-corrected chi connectivity index (χ2v) is 6.62. The molecule has 1 heterocycles. The predicted octanol–water partition coefficient (Wildman–Crippen LogP) is 2.74. The largest absolute Gasteiger partial charge is 0.349 e. The first-order chi connectivity index (χ1) is 10.5. The number of nitrogens with zero attached hydrogens (tertiary/aromatic N) is 3. The number of hydrogen-bond acceptors (Lipinski definition) is 4. The fourth-order valence-electron chi connectivity index (χ4n) is 2.05. The zero-order valence-electron chi connectivity index (χ0n) is 13.4. The van der Waals surface area contributed by atoms with Crippen LogP contribution in [-0.2, 0) is 18.3 Å². The Morgan fingerprint density at radius 3 is 2.55 bits per heavy atom. The van der Waals surface area contributed by atoms with Crippen molar-refractivity contribution in [2.45, 2.75) is 43.6 Å². The molecule has 1 N–H and O–H groups in total. The topological polar surface area (TPSA) is 59.8 Å². The standard InChI is InChI=1S/C16H22N4OS/c1-5-13-6-8-14(9-7-13)11(2)18-15(21)12(3)22-16-19-17-10-20(16)4/h6-12H,5H2,1-4H3,(H,18,21). The van der Waals surface area contributed by atoms with Crippen molar-refractivity contribution in [3.8, 4) is 0 Å². The van der Waals surface area contributed by atoms with Gasteiger partial charge in [-0.1, -0.05) is 43.0 Å². The first-order valence-electron chi connectivity index (χ1n) is 7.41. The van der Waals surface area contributed by atoms with E-state index in [9.17, 15) is 4.79 Å². The van der Waals surface area contributed by atoms with Gasteiger partial charge in [0.1, 0.15) is 6.33 Å². The van der Waals surface area contributed by atoms with Crippen molar-refractivity contribution in [2.24, 2.45) is 7.05 Å². The van der Waals surface area contributed by atoms with Crippen LogP contribution in [0.3, 0.4) is 0 Å². The van der Waals surface area contributed by atoms with Crippen molar-refractivity contribution >= 4 is 17.7 Å². The lowest BCUT2D eigenvalue weighted by Gasteiger charge is -2.17. The minimum Gasteiger partial charge on any atom is -0.349 e. The zero-order chi connectivity index (χ0) is 16.1. The normalized spacial score (nSPS) is 13.6. The van der Waals surface area contributed by atoms with E-state index in [-0.39, 0.29) is 17.2 Å². The second kappa shape index (κ2) is 7.45. The highest BCUT2D eigenvalue weighted by Crippen LogP contribution is 2.21. The summed E-state index contributed by atoms with van der Waals surface area (Å²) < 4.78 is 1.81. The molecule has 0 fully saturated rings. The molecule has 2 unspecified atom stereocenters. The van der Waals surface area contributed by atoms with Crippen molar-refractivity contribution in [3.63, 3.8) is 0 Å². The van der Waals surface area contributed by atoms with Gasteiger partial charge in [0.15, 0.2) is 5.16 Å². The number of aryl methyl sites for hydroxylation is 2. The molecule has 0 spiro atoms. The maximum Gasteiger partial charge on any atom is 0.233 e. The van der Waals surface area contributed by atoms with E-state index in [1.165, 1.54) is 17.3 Å². The van der Waals surface area contributed by atoms with E-state index in [1.807, 2.05) is 20.9 Å². The van der Waals surface area contributed by atoms with Gasteiger partial charge in [0, 0.05) is 7.05 Å². The van der Waals surface area contributed by atoms with Crippen LogP contribution in [0.1, 0.15) is 37.9 Å². The molecular formula is C16H22N4OS. The molecular weight excluding hydrogens is 296 g/mol. The third-order valence-corrected chi connectivity index (χ3v) is 4.72. The van der Waals surface area contributed by atoms with E-state index in [0.29, 0.717) is 0 Å². The minimum atomic E-state index is -0.222. The summed E-state index contributed by atoms with van der Waals surface area (Å²) in [5.74, 6) is 0.0000630. The Morgan fingerprint density at radius 1 is 1.32 bits per heavy atom. The van der Waals surface area contributed by atoms with Gasteiger partial charge in [-0.3, -0.25) is 4.79 Å². The average molecular weight is 318 g/mol. The Labute approximate surface area is 135 Å². The van der Waals surface area contributed by atoms with Gasteiger partial charge >= 0.3 is 0 Å². The lowest BCUT2D eigenvalue weighted by atomic mass is 10.0. The van der Waals surface area contributed by atoms with Crippen LogP contribution in [0.5, 0.6) is 0 Å². The Balaban J connectivity index is 1.93. The molecule has 2 rings (SSSR count). The Morgan fingerprint density at radius 2 is 2.00 bits per heavy atom. The predicted molar refractivity (Wildman–Crippen MR) is 88.7 cm³/mol. The molecule has 5 nitrogen and oxygen atoms in total. The second-order valence-electron chi connectivity index (χ2n) is 5.31. The van der Waals surface area contributed by atoms with Crippen LogP contribution in [0.2, 0.25) is 0 Å². The fourth-order valence-corrected chi connectivity index (χ4v) is 2.85. The summed E-state index contributed by atoms with van der Waals surface area (Å²) in [5, 5.41) is 11.4. The van der Waals surface area contributed by atoms with Crippen molar-refractivity contribution in [2.75, 3.05) is 0 Å². The summed E-state index contributed by atoms with van der Waals surface area (Å²) in [6, 6.07) is 8.35. The number of aromatic nitrogens is 3. The van der Waals surface area contributed by atoms with Crippen molar-refractivity contribution in [1.82, 2.24) is 20.1 Å². The smallest absolute Gasteiger partial charge is 0.233 e. The first kappa shape index (κ1) is 16.5. The summed E-state index contributed by atoms with van der Waals surface area (Å²) in [5.41, 5.74) is 2.41. The van der Waals surface area contributed by atoms with Crippen molar-refractivity contribution in [1.29, 1.82) is 0 Å². The van der Waals surface area contributed by atoms with Crippen molar-refractivity contribution in [3.05, 3.63) is 41.7 Å². The van der Waals surface area contributed by atoms with Crippen LogP contribution in [-0.4, -0.2) is 25.9 Å². The van der Waals surface area contributed by atoms with E-state index in [1.54, 1.807) is 10.9 Å². The fraction of sp³-hybridized carbons (Fsp3) is 0.438. The van der Waals surface area contributed by atoms with Gasteiger partial charge < -0.3 is 9.88 Å². The van der Waals surface area contributed by atoms with E-state index >= 15 is 0 Å². The summed E-state index contributed by atoms with van der Waals surface area (Å²) in [7, 11) is 1.87. The van der Waals surface area contributed by atoms with E-state index in [4.69, 9.17) is 0 Å². The number of benzene rings is 1. The number of carbonyl (C=O) groups is 1. The Kier molecular flexibility index (Phi) is 5.60. The van der Waals surface area contributed by atoms with Gasteiger partial charge in [0.2, 0.25) is 5.91 Å². The first-order valence-corrected chi connectivity index (χ1v) is 8.29. The molecule has 1 aromatic carbocycles. The highest BCUT2D eigenvalue weighted by atomic mass is 32.2. The van der Waals surface area contributed by atoms with Gasteiger partial charge in [-0.05, 0) is 31.4 Å². The molecule has 2 atom stereocenters. The highest BCUT2D eigenvalue weighted by Gasteiger charge is 2.19. The number of carbonyl (C=O) groups excluding carboxylic acids is 1. The van der Waals surface area contributed by atoms with Crippen LogP contribution in [0, 0.1) is 0 Å². The lowest BCUT2D eigenvalue weighted by Crippen LogP contribution is -2.33. The number of rotatable bonds is 6. The van der Waals surface area contributed by atoms with Gasteiger partial charge in [0.05, 0.1) is 11.3 Å². The molecule has 0 saturated heterocycles. The summed E-state index contributed by atoms with van der Waals surface area (Å²) in [6.07, 6.45) is 2.65. The number of hydrogen-bond donors (Lipinski definition) is 1. The van der Waals surface area contributed by atoms with Crippen LogP contribution in [0.25, 0.3) is 0 Å². The maximum atomic E-state index is 12.3. The Hall–Kier alpha value is -1.82. The van der Waals surface area contributed by atoms with E-state index < -0.39 is 0 Å². The van der Waals surface area contributed by atoms with Gasteiger partial charge in [0.25, 0.3) is 0 Å². The molecule has 0 aliphatic rings. The molecule has 0 aliphatic heterocycles. The van der Waals surface area contributed by atoms with Crippen LogP contribution < -0.4 is 5.32 Å². The Bertz CT molecular complexity index is 623. The number of amides is 1. The summed E-state index contributed by atoms with van der Waals surface area (Å²) in [6.45, 7) is 6.01. The minimum absolute atomic E-state index is 0.0000630. The molecule has 0 aliphatic carbocycles. The van der Waals surface area contributed by atoms with Crippen LogP contribution >= 0.6 is 11.8 Å². The molecule has 2 aromatic rings. The zero-order valence-corrected chi connectivity index (χ0v) is 14.2. The van der Waals surface area contributed by atoms with Crippen LogP contribution in [0.15, 0.2) is 35.7 Å². The molecule has 0 bridgehead atoms. The quantitative estimate of drug-likeness (QED) is 0.832. The SMILES string of the molecule is CCc1ccc(C(C)NC(=O)C(C)Sc2nncn2C)cc1. The van der Waals surface area contributed by atoms with Crippen LogP contribution in [0.4, 0.5) is 0 Å². The number of thioether (sulfide) groups is 1. The van der Waals surface area contributed by atoms with E-state index in [2.05, 4.69) is 46.7 Å². The molecule has 0 radical (unpaired) electrons. The number of nitrogens with one attached hydrogen (secondary N) is 1. The summed E-state index contributed by atoms with van der Waals surface area (Å²) >= 11 is 1.41. The third-order valence-electron chi connectivity index (χ3n) is 3.57. The average Bonchev–Trinajstić information content (AvgIpc) is 2.92. The molecule has 1 aromatic heterocycles. The molecule has 22 heavy (non-hydrogen) atoms. The van der Waals surface area contributed by atoms with Gasteiger partial charge in [-0.15, -0.1) is 10.2 Å². The highest BCUT2D eigenvalue weighted by molar-refractivity contribution is 8.00.